The van der Waals surface area contributed by atoms with Crippen molar-refractivity contribution < 1.29 is 14.3 Å². The summed E-state index contributed by atoms with van der Waals surface area (Å²) in [7, 11) is 2.98. The number of carbonyl (C=O) groups is 1. The first-order chi connectivity index (χ1) is 8.06. The normalized spacial score (nSPS) is 10.6. The maximum atomic E-state index is 11.7. The van der Waals surface area contributed by atoms with Crippen molar-refractivity contribution in [2.45, 2.75) is 19.6 Å². The molecule has 0 radical (unpaired) electrons. The fraction of sp³-hybridized carbons (Fsp3) is 0.417. The Morgan fingerprint density at radius 3 is 2.65 bits per heavy atom. The van der Waals surface area contributed by atoms with E-state index in [9.17, 15) is 4.79 Å². The third-order valence-electron chi connectivity index (χ3n) is 2.35. The van der Waals surface area contributed by atoms with E-state index in [-0.39, 0.29) is 12.3 Å². The minimum atomic E-state index is -0.533. The average molecular weight is 258 g/mol. The monoisotopic (exact) mass is 257 g/mol. The van der Waals surface area contributed by atoms with Gasteiger partial charge in [-0.25, -0.2) is 0 Å². The smallest absolute Gasteiger partial charge is 0.229 e. The number of halogens is 1. The number of anilines is 1. The summed E-state index contributed by atoms with van der Waals surface area (Å²) < 4.78 is 9.91. The lowest BCUT2D eigenvalue weighted by Crippen LogP contribution is -2.23. The van der Waals surface area contributed by atoms with E-state index >= 15 is 0 Å². The Morgan fingerprint density at radius 2 is 2.06 bits per heavy atom. The van der Waals surface area contributed by atoms with Crippen LogP contribution in [0.2, 0.25) is 5.02 Å². The van der Waals surface area contributed by atoms with Crippen molar-refractivity contribution in [3.05, 3.63) is 28.8 Å². The summed E-state index contributed by atoms with van der Waals surface area (Å²) in [6.07, 6.45) is -0.395. The second-order valence-electron chi connectivity index (χ2n) is 3.61. The van der Waals surface area contributed by atoms with Gasteiger partial charge >= 0.3 is 0 Å². The van der Waals surface area contributed by atoms with Gasteiger partial charge < -0.3 is 14.8 Å². The number of benzene rings is 1. The first-order valence-corrected chi connectivity index (χ1v) is 5.56. The first kappa shape index (κ1) is 14.0. The molecule has 0 aliphatic heterocycles. The van der Waals surface area contributed by atoms with Crippen LogP contribution in [0.15, 0.2) is 18.2 Å². The van der Waals surface area contributed by atoms with Crippen LogP contribution in [0.1, 0.15) is 12.0 Å². The van der Waals surface area contributed by atoms with Gasteiger partial charge in [0.2, 0.25) is 5.91 Å². The van der Waals surface area contributed by atoms with Crippen molar-refractivity contribution in [1.29, 1.82) is 0 Å². The molecular weight excluding hydrogens is 242 g/mol. The molecule has 1 rings (SSSR count). The zero-order valence-corrected chi connectivity index (χ0v) is 10.9. The molecule has 1 N–H and O–H groups in total. The third-order valence-corrected chi connectivity index (χ3v) is 2.59. The number of carbonyl (C=O) groups excluding carboxylic acids is 1. The quantitative estimate of drug-likeness (QED) is 0.825. The van der Waals surface area contributed by atoms with Gasteiger partial charge in [0, 0.05) is 24.9 Å². The molecule has 17 heavy (non-hydrogen) atoms. The number of hydrogen-bond donors (Lipinski definition) is 1. The molecule has 0 saturated carbocycles. The Labute approximate surface area is 106 Å². The predicted molar refractivity (Wildman–Crippen MR) is 67.2 cm³/mol. The third kappa shape index (κ3) is 4.34. The van der Waals surface area contributed by atoms with Crippen LogP contribution in [0.3, 0.4) is 0 Å². The standard InChI is InChI=1S/C12H16ClNO3/c1-8-4-5-9(13)6-10(8)14-11(15)7-12(16-2)17-3/h4-6,12H,7H2,1-3H3,(H,14,15). The number of ether oxygens (including phenoxy) is 2. The molecule has 0 bridgehead atoms. The predicted octanol–water partition coefficient (Wildman–Crippen LogP) is 2.60. The summed E-state index contributed by atoms with van der Waals surface area (Å²) >= 11 is 5.86. The lowest BCUT2D eigenvalue weighted by atomic mass is 10.2. The second kappa shape index (κ2) is 6.59. The Bertz CT molecular complexity index is 391. The molecule has 1 amide bonds. The van der Waals surface area contributed by atoms with Crippen molar-refractivity contribution in [1.82, 2.24) is 0 Å². The maximum Gasteiger partial charge on any atom is 0.229 e. The second-order valence-corrected chi connectivity index (χ2v) is 4.05. The number of hydrogen-bond acceptors (Lipinski definition) is 3. The van der Waals surface area contributed by atoms with Gasteiger partial charge in [0.1, 0.15) is 0 Å². The molecule has 1 aromatic rings. The largest absolute Gasteiger partial charge is 0.355 e. The molecule has 0 spiro atoms. The molecule has 94 valence electrons. The van der Waals surface area contributed by atoms with E-state index in [1.54, 1.807) is 12.1 Å². The molecule has 4 nitrogen and oxygen atoms in total. The Morgan fingerprint density at radius 1 is 1.41 bits per heavy atom. The zero-order chi connectivity index (χ0) is 12.8. The van der Waals surface area contributed by atoms with E-state index in [0.29, 0.717) is 10.7 Å². The van der Waals surface area contributed by atoms with E-state index in [2.05, 4.69) is 5.32 Å². The topological polar surface area (TPSA) is 47.6 Å². The highest BCUT2D eigenvalue weighted by Gasteiger charge is 2.12. The van der Waals surface area contributed by atoms with E-state index in [0.717, 1.165) is 5.56 Å². The van der Waals surface area contributed by atoms with Crippen molar-refractivity contribution >= 4 is 23.2 Å². The summed E-state index contributed by atoms with van der Waals surface area (Å²) in [6, 6.07) is 5.34. The SMILES string of the molecule is COC(CC(=O)Nc1cc(Cl)ccc1C)OC. The summed E-state index contributed by atoms with van der Waals surface area (Å²) in [6.45, 7) is 1.90. The molecular formula is C12H16ClNO3. The number of rotatable bonds is 5. The van der Waals surface area contributed by atoms with E-state index < -0.39 is 6.29 Å². The molecule has 0 unspecified atom stereocenters. The van der Waals surface area contributed by atoms with Gasteiger partial charge in [-0.15, -0.1) is 0 Å². The van der Waals surface area contributed by atoms with Crippen LogP contribution in [-0.4, -0.2) is 26.4 Å². The molecule has 0 saturated heterocycles. The molecule has 0 atom stereocenters. The molecule has 5 heteroatoms. The van der Waals surface area contributed by atoms with Crippen LogP contribution in [-0.2, 0) is 14.3 Å². The lowest BCUT2D eigenvalue weighted by Gasteiger charge is -2.14. The Hall–Kier alpha value is -1.10. The minimum Gasteiger partial charge on any atom is -0.355 e. The summed E-state index contributed by atoms with van der Waals surface area (Å²) in [5, 5.41) is 3.35. The van der Waals surface area contributed by atoms with Crippen LogP contribution >= 0.6 is 11.6 Å². The molecule has 0 heterocycles. The van der Waals surface area contributed by atoms with Crippen LogP contribution in [0.5, 0.6) is 0 Å². The van der Waals surface area contributed by atoms with Gasteiger partial charge in [0.25, 0.3) is 0 Å². The van der Waals surface area contributed by atoms with Crippen LogP contribution in [0.4, 0.5) is 5.69 Å². The highest BCUT2D eigenvalue weighted by molar-refractivity contribution is 6.31. The highest BCUT2D eigenvalue weighted by Crippen LogP contribution is 2.20. The summed E-state index contributed by atoms with van der Waals surface area (Å²) in [4.78, 5) is 11.7. The van der Waals surface area contributed by atoms with Gasteiger partial charge in [-0.2, -0.15) is 0 Å². The highest BCUT2D eigenvalue weighted by atomic mass is 35.5. The van der Waals surface area contributed by atoms with Gasteiger partial charge in [0.15, 0.2) is 6.29 Å². The zero-order valence-electron chi connectivity index (χ0n) is 10.1. The minimum absolute atomic E-state index is 0.138. The van der Waals surface area contributed by atoms with Crippen LogP contribution in [0.25, 0.3) is 0 Å². The molecule has 1 aromatic carbocycles. The number of aryl methyl sites for hydroxylation is 1. The first-order valence-electron chi connectivity index (χ1n) is 5.18. The van der Waals surface area contributed by atoms with E-state index in [1.807, 2.05) is 13.0 Å². The van der Waals surface area contributed by atoms with Gasteiger partial charge in [0.05, 0.1) is 6.42 Å². The number of nitrogens with one attached hydrogen (secondary N) is 1. The average Bonchev–Trinajstić information content (AvgIpc) is 2.31. The van der Waals surface area contributed by atoms with Crippen LogP contribution < -0.4 is 5.32 Å². The fourth-order valence-corrected chi connectivity index (χ4v) is 1.52. The number of amides is 1. The van der Waals surface area contributed by atoms with E-state index in [4.69, 9.17) is 21.1 Å². The lowest BCUT2D eigenvalue weighted by molar-refractivity contribution is -0.134. The Kier molecular flexibility index (Phi) is 5.41. The van der Waals surface area contributed by atoms with Crippen molar-refractivity contribution in [3.63, 3.8) is 0 Å². The van der Waals surface area contributed by atoms with Crippen LogP contribution in [0, 0.1) is 6.92 Å². The summed E-state index contributed by atoms with van der Waals surface area (Å²) in [5.41, 5.74) is 1.66. The molecule has 0 fully saturated rings. The molecule has 0 aliphatic carbocycles. The van der Waals surface area contributed by atoms with Gasteiger partial charge in [-0.3, -0.25) is 4.79 Å². The van der Waals surface area contributed by atoms with E-state index in [1.165, 1.54) is 14.2 Å². The molecule has 0 aromatic heterocycles. The van der Waals surface area contributed by atoms with Gasteiger partial charge in [-0.05, 0) is 24.6 Å². The Balaban J connectivity index is 2.64. The molecule has 0 aliphatic rings. The number of methoxy groups -OCH3 is 2. The van der Waals surface area contributed by atoms with Crippen molar-refractivity contribution in [2.24, 2.45) is 0 Å². The van der Waals surface area contributed by atoms with Crippen molar-refractivity contribution in [2.75, 3.05) is 19.5 Å². The van der Waals surface area contributed by atoms with Crippen molar-refractivity contribution in [3.8, 4) is 0 Å². The van der Waals surface area contributed by atoms with Gasteiger partial charge in [-0.1, -0.05) is 17.7 Å². The maximum absolute atomic E-state index is 11.7. The fourth-order valence-electron chi connectivity index (χ4n) is 1.34. The summed E-state index contributed by atoms with van der Waals surface area (Å²) in [5.74, 6) is -0.177.